The Morgan fingerprint density at radius 2 is 1.72 bits per heavy atom. The molecule has 0 aliphatic heterocycles. The van der Waals surface area contributed by atoms with Crippen molar-refractivity contribution in [1.82, 2.24) is 0 Å². The Labute approximate surface area is 105 Å². The zero-order valence-corrected chi connectivity index (χ0v) is 9.94. The molecule has 3 atom stereocenters. The van der Waals surface area contributed by atoms with Crippen molar-refractivity contribution in [2.24, 2.45) is 11.7 Å². The Balaban J connectivity index is 1.74. The average molecular weight is 239 g/mol. The van der Waals surface area contributed by atoms with E-state index in [-0.39, 0.29) is 5.82 Å². The Bertz CT molecular complexity index is 617. The molecule has 2 aliphatic carbocycles. The fraction of sp³-hybridized carbons (Fsp3) is 0.250. The molecule has 2 aliphatic rings. The molecule has 1 fully saturated rings. The molecule has 0 saturated heterocycles. The Kier molecular flexibility index (Phi) is 1.95. The summed E-state index contributed by atoms with van der Waals surface area (Å²) < 4.78 is 12.9. The van der Waals surface area contributed by atoms with Crippen LogP contribution in [-0.2, 0) is 6.42 Å². The van der Waals surface area contributed by atoms with Gasteiger partial charge in [0, 0.05) is 12.0 Å². The van der Waals surface area contributed by atoms with Gasteiger partial charge in [-0.3, -0.25) is 0 Å². The van der Waals surface area contributed by atoms with E-state index < -0.39 is 0 Å². The number of halogens is 1. The van der Waals surface area contributed by atoms with Crippen LogP contribution in [0.15, 0.2) is 42.5 Å². The summed E-state index contributed by atoms with van der Waals surface area (Å²) in [7, 11) is 0. The van der Waals surface area contributed by atoms with Gasteiger partial charge in [-0.15, -0.1) is 0 Å². The second-order valence-electron chi connectivity index (χ2n) is 5.39. The largest absolute Gasteiger partial charge is 0.327 e. The van der Waals surface area contributed by atoms with Crippen LogP contribution in [0.1, 0.15) is 17.0 Å². The zero-order chi connectivity index (χ0) is 12.3. The molecule has 0 aromatic heterocycles. The number of fused-ring (bicyclic) bond motifs is 3. The molecule has 4 rings (SSSR count). The maximum absolute atomic E-state index is 12.9. The first-order valence-corrected chi connectivity index (χ1v) is 6.38. The summed E-state index contributed by atoms with van der Waals surface area (Å²) in [5.41, 5.74) is 11.1. The standard InChI is InChI=1S/C16H14FN/c17-12-4-1-9(2-5-12)10-3-6-13-11(7-10)8-14-15(13)16(14)18/h1-7,14-16H,8,18H2/t14-,15+,16-/m0/s1. The minimum absolute atomic E-state index is 0.188. The van der Waals surface area contributed by atoms with Gasteiger partial charge in [0.05, 0.1) is 0 Å². The molecule has 0 amide bonds. The van der Waals surface area contributed by atoms with Crippen molar-refractivity contribution < 1.29 is 4.39 Å². The van der Waals surface area contributed by atoms with Crippen molar-refractivity contribution in [2.45, 2.75) is 18.4 Å². The first-order valence-electron chi connectivity index (χ1n) is 6.38. The molecule has 18 heavy (non-hydrogen) atoms. The molecule has 1 nitrogen and oxygen atoms in total. The van der Waals surface area contributed by atoms with E-state index in [1.54, 1.807) is 0 Å². The van der Waals surface area contributed by atoms with E-state index in [0.29, 0.717) is 17.9 Å². The molecule has 90 valence electrons. The van der Waals surface area contributed by atoms with Crippen LogP contribution in [0.2, 0.25) is 0 Å². The van der Waals surface area contributed by atoms with Crippen LogP contribution in [0.25, 0.3) is 11.1 Å². The summed E-state index contributed by atoms with van der Waals surface area (Å²) in [6.45, 7) is 0. The average Bonchev–Trinajstić information content (AvgIpc) is 2.86. The van der Waals surface area contributed by atoms with Gasteiger partial charge in [0.25, 0.3) is 0 Å². The fourth-order valence-corrected chi connectivity index (χ4v) is 3.29. The molecular formula is C16H14FN. The van der Waals surface area contributed by atoms with Crippen molar-refractivity contribution in [3.8, 4) is 11.1 Å². The van der Waals surface area contributed by atoms with E-state index in [4.69, 9.17) is 5.73 Å². The molecule has 0 spiro atoms. The number of hydrogen-bond acceptors (Lipinski definition) is 1. The van der Waals surface area contributed by atoms with Gasteiger partial charge in [0.1, 0.15) is 5.82 Å². The molecule has 2 heteroatoms. The monoisotopic (exact) mass is 239 g/mol. The van der Waals surface area contributed by atoms with Crippen LogP contribution >= 0.6 is 0 Å². The summed E-state index contributed by atoms with van der Waals surface area (Å²) in [5.74, 6) is 1.08. The highest BCUT2D eigenvalue weighted by Gasteiger charge is 2.53. The molecule has 0 unspecified atom stereocenters. The van der Waals surface area contributed by atoms with Gasteiger partial charge in [-0.2, -0.15) is 0 Å². The molecule has 0 bridgehead atoms. The summed E-state index contributed by atoms with van der Waals surface area (Å²) in [6, 6.07) is 13.6. The number of hydrogen-bond donors (Lipinski definition) is 1. The third-order valence-electron chi connectivity index (χ3n) is 4.36. The highest BCUT2D eigenvalue weighted by atomic mass is 19.1. The Morgan fingerprint density at radius 1 is 1.00 bits per heavy atom. The first kappa shape index (κ1) is 10.3. The lowest BCUT2D eigenvalue weighted by Crippen LogP contribution is -2.08. The topological polar surface area (TPSA) is 26.0 Å². The van der Waals surface area contributed by atoms with E-state index in [0.717, 1.165) is 12.0 Å². The van der Waals surface area contributed by atoms with Crippen molar-refractivity contribution >= 4 is 0 Å². The lowest BCUT2D eigenvalue weighted by molar-refractivity contribution is 0.628. The summed E-state index contributed by atoms with van der Waals surface area (Å²) in [4.78, 5) is 0. The van der Waals surface area contributed by atoms with Gasteiger partial charge < -0.3 is 5.73 Å². The van der Waals surface area contributed by atoms with Crippen molar-refractivity contribution in [2.75, 3.05) is 0 Å². The maximum atomic E-state index is 12.9. The zero-order valence-electron chi connectivity index (χ0n) is 9.94. The highest BCUT2D eigenvalue weighted by Crippen LogP contribution is 2.55. The number of rotatable bonds is 1. The van der Waals surface area contributed by atoms with Gasteiger partial charge >= 0.3 is 0 Å². The quantitative estimate of drug-likeness (QED) is 0.813. The lowest BCUT2D eigenvalue weighted by atomic mass is 9.98. The minimum Gasteiger partial charge on any atom is -0.327 e. The second kappa shape index (κ2) is 3.42. The lowest BCUT2D eigenvalue weighted by Gasteiger charge is -2.08. The molecule has 2 aromatic carbocycles. The molecular weight excluding hydrogens is 225 g/mol. The molecule has 0 heterocycles. The maximum Gasteiger partial charge on any atom is 0.123 e. The smallest absolute Gasteiger partial charge is 0.123 e. The van der Waals surface area contributed by atoms with Gasteiger partial charge in [-0.05, 0) is 46.7 Å². The van der Waals surface area contributed by atoms with E-state index >= 15 is 0 Å². The van der Waals surface area contributed by atoms with Gasteiger partial charge in [-0.1, -0.05) is 30.3 Å². The van der Waals surface area contributed by atoms with E-state index in [1.807, 2.05) is 12.1 Å². The minimum atomic E-state index is -0.188. The molecule has 1 saturated carbocycles. The van der Waals surface area contributed by atoms with Crippen molar-refractivity contribution in [3.05, 3.63) is 59.4 Å². The fourth-order valence-electron chi connectivity index (χ4n) is 3.29. The summed E-state index contributed by atoms with van der Waals surface area (Å²) >= 11 is 0. The molecule has 2 aromatic rings. The van der Waals surface area contributed by atoms with Gasteiger partial charge in [-0.25, -0.2) is 4.39 Å². The van der Waals surface area contributed by atoms with Crippen LogP contribution in [0, 0.1) is 11.7 Å². The van der Waals surface area contributed by atoms with E-state index in [2.05, 4.69) is 18.2 Å². The highest BCUT2D eigenvalue weighted by molar-refractivity contribution is 5.66. The second-order valence-corrected chi connectivity index (χ2v) is 5.39. The van der Waals surface area contributed by atoms with E-state index in [9.17, 15) is 4.39 Å². The predicted molar refractivity (Wildman–Crippen MR) is 69.7 cm³/mol. The predicted octanol–water partition coefficient (Wildman–Crippen LogP) is 3.09. The van der Waals surface area contributed by atoms with Gasteiger partial charge in [0.2, 0.25) is 0 Å². The van der Waals surface area contributed by atoms with Crippen LogP contribution in [0.3, 0.4) is 0 Å². The van der Waals surface area contributed by atoms with E-state index in [1.165, 1.54) is 28.8 Å². The van der Waals surface area contributed by atoms with Gasteiger partial charge in [0.15, 0.2) is 0 Å². The molecule has 2 N–H and O–H groups in total. The summed E-state index contributed by atoms with van der Waals surface area (Å²) in [6.07, 6.45) is 1.11. The van der Waals surface area contributed by atoms with Crippen LogP contribution < -0.4 is 5.73 Å². The third kappa shape index (κ3) is 1.36. The number of nitrogens with two attached hydrogens (primary N) is 1. The summed E-state index contributed by atoms with van der Waals surface area (Å²) in [5, 5.41) is 0. The van der Waals surface area contributed by atoms with Crippen LogP contribution in [-0.4, -0.2) is 6.04 Å². The van der Waals surface area contributed by atoms with Crippen LogP contribution in [0.4, 0.5) is 4.39 Å². The molecule has 0 radical (unpaired) electrons. The van der Waals surface area contributed by atoms with Crippen molar-refractivity contribution in [3.63, 3.8) is 0 Å². The SMILES string of the molecule is N[C@H]1[C@H]2Cc3cc(-c4ccc(F)cc4)ccc3[C@@H]12. The van der Waals surface area contributed by atoms with Crippen LogP contribution in [0.5, 0.6) is 0 Å². The van der Waals surface area contributed by atoms with Crippen molar-refractivity contribution in [1.29, 1.82) is 0 Å². The Hall–Kier alpha value is -1.67. The third-order valence-corrected chi connectivity index (χ3v) is 4.36. The Morgan fingerprint density at radius 3 is 2.50 bits per heavy atom. The normalized spacial score (nSPS) is 27.8. The first-order chi connectivity index (χ1) is 8.74. The number of benzene rings is 2.